The second-order valence-corrected chi connectivity index (χ2v) is 14.4. The van der Waals surface area contributed by atoms with Crippen molar-refractivity contribution in [3.05, 3.63) is 182 Å². The predicted molar refractivity (Wildman–Crippen MR) is 230 cm³/mol. The van der Waals surface area contributed by atoms with Gasteiger partial charge in [-0.2, -0.15) is 0 Å². The molecule has 57 heavy (non-hydrogen) atoms. The number of furan rings is 2. The van der Waals surface area contributed by atoms with Crippen LogP contribution in [0.15, 0.2) is 191 Å². The zero-order valence-electron chi connectivity index (χ0n) is 30.4. The van der Waals surface area contributed by atoms with Gasteiger partial charge in [-0.05, 0) is 59.7 Å². The van der Waals surface area contributed by atoms with E-state index in [-0.39, 0.29) is 0 Å². The molecule has 12 aromatic rings. The molecule has 0 radical (unpaired) electrons. The summed E-state index contributed by atoms with van der Waals surface area (Å²) >= 11 is 0. The highest BCUT2D eigenvalue weighted by Gasteiger charge is 2.22. The lowest BCUT2D eigenvalue weighted by atomic mass is 9.98. The summed E-state index contributed by atoms with van der Waals surface area (Å²) in [6, 6.07) is 62.7. The van der Waals surface area contributed by atoms with E-state index < -0.39 is 0 Å². The maximum atomic E-state index is 7.03. The van der Waals surface area contributed by atoms with E-state index in [1.807, 2.05) is 60.7 Å². The van der Waals surface area contributed by atoms with Crippen LogP contribution in [0.5, 0.6) is 0 Å². The first-order chi connectivity index (χ1) is 28.2. The third-order valence-corrected chi connectivity index (χ3v) is 11.1. The fourth-order valence-electron chi connectivity index (χ4n) is 8.44. The van der Waals surface area contributed by atoms with Crippen molar-refractivity contribution in [2.75, 3.05) is 0 Å². The van der Waals surface area contributed by atoms with Gasteiger partial charge in [-0.25, -0.2) is 15.0 Å². The Balaban J connectivity index is 1.08. The molecule has 4 aromatic heterocycles. The summed E-state index contributed by atoms with van der Waals surface area (Å²) in [6.07, 6.45) is 0. The van der Waals surface area contributed by atoms with Gasteiger partial charge in [-0.1, -0.05) is 133 Å². The topological polar surface area (TPSA) is 69.9 Å². The highest BCUT2D eigenvalue weighted by Crippen LogP contribution is 2.43. The van der Waals surface area contributed by atoms with Crippen molar-refractivity contribution < 1.29 is 8.83 Å². The Bertz CT molecular complexity index is 3470. The number of para-hydroxylation sites is 3. The number of fused-ring (bicyclic) bond motifs is 9. The van der Waals surface area contributed by atoms with Crippen molar-refractivity contribution in [3.63, 3.8) is 0 Å². The van der Waals surface area contributed by atoms with Crippen LogP contribution in [0.2, 0.25) is 0 Å². The molecule has 0 aliphatic carbocycles. The maximum Gasteiger partial charge on any atom is 0.164 e. The van der Waals surface area contributed by atoms with Crippen LogP contribution >= 0.6 is 0 Å². The minimum Gasteiger partial charge on any atom is -0.456 e. The molecular formula is C51H30N4O2. The Morgan fingerprint density at radius 2 is 0.860 bits per heavy atom. The number of hydrogen-bond acceptors (Lipinski definition) is 5. The van der Waals surface area contributed by atoms with Crippen LogP contribution < -0.4 is 0 Å². The van der Waals surface area contributed by atoms with E-state index in [0.29, 0.717) is 17.5 Å². The summed E-state index contributed by atoms with van der Waals surface area (Å²) in [5, 5.41) is 6.61. The molecule has 0 N–H and O–H groups in total. The summed E-state index contributed by atoms with van der Waals surface area (Å²) in [4.78, 5) is 15.2. The molecule has 0 spiro atoms. The Labute approximate surface area is 325 Å². The second kappa shape index (κ2) is 12.3. The van der Waals surface area contributed by atoms with E-state index >= 15 is 0 Å². The van der Waals surface area contributed by atoms with E-state index in [2.05, 4.69) is 126 Å². The van der Waals surface area contributed by atoms with Gasteiger partial charge in [0.25, 0.3) is 0 Å². The van der Waals surface area contributed by atoms with Gasteiger partial charge < -0.3 is 13.4 Å². The molecular weight excluding hydrogens is 701 g/mol. The molecule has 266 valence electrons. The fourth-order valence-corrected chi connectivity index (χ4v) is 8.44. The van der Waals surface area contributed by atoms with Crippen molar-refractivity contribution in [2.45, 2.75) is 0 Å². The number of hydrogen-bond donors (Lipinski definition) is 0. The van der Waals surface area contributed by atoms with Gasteiger partial charge in [0.1, 0.15) is 16.7 Å². The molecule has 6 nitrogen and oxygen atoms in total. The zero-order valence-corrected chi connectivity index (χ0v) is 30.4. The van der Waals surface area contributed by atoms with Gasteiger partial charge in [0, 0.05) is 49.0 Å². The predicted octanol–water partition coefficient (Wildman–Crippen LogP) is 13.4. The van der Waals surface area contributed by atoms with E-state index in [0.717, 1.165) is 88.4 Å². The van der Waals surface area contributed by atoms with E-state index in [1.165, 1.54) is 10.8 Å². The lowest BCUT2D eigenvalue weighted by Gasteiger charge is -2.11. The van der Waals surface area contributed by atoms with Gasteiger partial charge >= 0.3 is 0 Å². The summed E-state index contributed by atoms with van der Waals surface area (Å²) in [5.41, 5.74) is 11.2. The van der Waals surface area contributed by atoms with Crippen LogP contribution in [0.1, 0.15) is 0 Å². The monoisotopic (exact) mass is 730 g/mol. The Kier molecular flexibility index (Phi) is 6.83. The average molecular weight is 731 g/mol. The minimum absolute atomic E-state index is 0.553. The van der Waals surface area contributed by atoms with Crippen LogP contribution in [0.4, 0.5) is 0 Å². The Hall–Kier alpha value is -7.83. The quantitative estimate of drug-likeness (QED) is 0.176. The SMILES string of the molecule is c1ccc(-c2nc(-c3ccc4c(c3)oc3ccccc34)nc(-c3ccc4c(c3)oc3c(-n5c6ccccc6c6ccccc65)ccc(-c5ccccc5)c34)n2)cc1. The maximum absolute atomic E-state index is 7.03. The van der Waals surface area contributed by atoms with Crippen molar-refractivity contribution in [2.24, 2.45) is 0 Å². The molecule has 12 rings (SSSR count). The van der Waals surface area contributed by atoms with Crippen molar-refractivity contribution in [3.8, 4) is 51.0 Å². The normalized spacial score (nSPS) is 11.9. The molecule has 0 fully saturated rings. The van der Waals surface area contributed by atoms with Crippen LogP contribution in [-0.4, -0.2) is 19.5 Å². The molecule has 0 saturated carbocycles. The fraction of sp³-hybridized carbons (Fsp3) is 0. The zero-order chi connectivity index (χ0) is 37.5. The van der Waals surface area contributed by atoms with Crippen molar-refractivity contribution in [1.82, 2.24) is 19.5 Å². The first kappa shape index (κ1) is 31.5. The van der Waals surface area contributed by atoms with Gasteiger partial charge in [-0.3, -0.25) is 0 Å². The second-order valence-electron chi connectivity index (χ2n) is 14.4. The lowest BCUT2D eigenvalue weighted by molar-refractivity contribution is 0.666. The van der Waals surface area contributed by atoms with Gasteiger partial charge in [0.05, 0.1) is 16.7 Å². The molecule has 0 amide bonds. The molecule has 0 unspecified atom stereocenters. The van der Waals surface area contributed by atoms with Gasteiger partial charge in [-0.15, -0.1) is 0 Å². The summed E-state index contributed by atoms with van der Waals surface area (Å²) in [6.45, 7) is 0. The van der Waals surface area contributed by atoms with Crippen molar-refractivity contribution in [1.29, 1.82) is 0 Å². The van der Waals surface area contributed by atoms with E-state index in [1.54, 1.807) is 0 Å². The first-order valence-corrected chi connectivity index (χ1v) is 19.0. The Morgan fingerprint density at radius 3 is 1.53 bits per heavy atom. The third-order valence-electron chi connectivity index (χ3n) is 11.1. The molecule has 0 aliphatic heterocycles. The van der Waals surface area contributed by atoms with Crippen LogP contribution in [-0.2, 0) is 0 Å². The van der Waals surface area contributed by atoms with Gasteiger partial charge in [0.2, 0.25) is 0 Å². The highest BCUT2D eigenvalue weighted by molar-refractivity contribution is 6.17. The van der Waals surface area contributed by atoms with E-state index in [4.69, 9.17) is 23.8 Å². The summed E-state index contributed by atoms with van der Waals surface area (Å²) in [5.74, 6) is 1.70. The number of nitrogens with zero attached hydrogens (tertiary/aromatic N) is 4. The minimum atomic E-state index is 0.553. The molecule has 6 heteroatoms. The van der Waals surface area contributed by atoms with E-state index in [9.17, 15) is 0 Å². The molecule has 0 aliphatic rings. The third kappa shape index (κ3) is 4.94. The molecule has 8 aromatic carbocycles. The van der Waals surface area contributed by atoms with Crippen molar-refractivity contribution >= 4 is 65.7 Å². The molecule has 0 atom stereocenters. The number of benzene rings is 8. The molecule has 0 bridgehead atoms. The smallest absolute Gasteiger partial charge is 0.164 e. The van der Waals surface area contributed by atoms with Crippen LogP contribution in [0.25, 0.3) is 117 Å². The Morgan fingerprint density at radius 1 is 0.351 bits per heavy atom. The van der Waals surface area contributed by atoms with Crippen LogP contribution in [0, 0.1) is 0 Å². The van der Waals surface area contributed by atoms with Gasteiger partial charge in [0.15, 0.2) is 23.1 Å². The first-order valence-electron chi connectivity index (χ1n) is 19.0. The average Bonchev–Trinajstić information content (AvgIpc) is 3.96. The summed E-state index contributed by atoms with van der Waals surface area (Å²) in [7, 11) is 0. The number of rotatable bonds is 5. The highest BCUT2D eigenvalue weighted by atomic mass is 16.3. The molecule has 0 saturated heterocycles. The number of aromatic nitrogens is 4. The lowest BCUT2D eigenvalue weighted by Crippen LogP contribution is -2.00. The largest absolute Gasteiger partial charge is 0.456 e. The van der Waals surface area contributed by atoms with Crippen LogP contribution in [0.3, 0.4) is 0 Å². The molecule has 4 heterocycles. The summed E-state index contributed by atoms with van der Waals surface area (Å²) < 4.78 is 15.6. The standard InChI is InChI=1S/C51H30N4O2/c1-3-13-31(14-4-1)35-27-28-43(55-41-20-10-7-17-36(41)37-18-8-11-21-42(37)55)48-47(35)40-26-24-34(30-46(40)57-48)51-53-49(32-15-5-2-6-16-32)52-50(54-51)33-23-25-39-38-19-9-12-22-44(38)56-45(39)29-33/h1-30H.